The molecule has 1 aromatic carbocycles. The van der Waals surface area contributed by atoms with E-state index in [4.69, 9.17) is 0 Å². The van der Waals surface area contributed by atoms with Gasteiger partial charge in [-0.3, -0.25) is 4.79 Å². The van der Waals surface area contributed by atoms with E-state index >= 15 is 0 Å². The van der Waals surface area contributed by atoms with Crippen LogP contribution in [0.15, 0.2) is 24.3 Å². The van der Waals surface area contributed by atoms with Crippen LogP contribution >= 0.6 is 0 Å². The number of nitrogens with zero attached hydrogens (tertiary/aromatic N) is 1. The average Bonchev–Trinajstić information content (AvgIpc) is 2.61. The molecule has 2 heteroatoms. The van der Waals surface area contributed by atoms with Gasteiger partial charge in [-0.15, -0.1) is 0 Å². The van der Waals surface area contributed by atoms with Gasteiger partial charge >= 0.3 is 0 Å². The standard InChI is InChI=1S/C9H9NO.2C2H6/c1-10-6-7-4-2-3-5-8(7)9(10)11;2*1-2/h2-5H,6H2,1H3;2*1-2H3. The third kappa shape index (κ3) is 3.08. The third-order valence-electron chi connectivity index (χ3n) is 2.00. The van der Waals surface area contributed by atoms with Gasteiger partial charge in [0.2, 0.25) is 0 Å². The second kappa shape index (κ2) is 7.04. The molecule has 0 N–H and O–H groups in total. The van der Waals surface area contributed by atoms with Crippen molar-refractivity contribution in [1.82, 2.24) is 4.90 Å². The van der Waals surface area contributed by atoms with Crippen LogP contribution in [0.25, 0.3) is 0 Å². The first kappa shape index (κ1) is 13.7. The maximum atomic E-state index is 11.3. The molecule has 1 heterocycles. The summed E-state index contributed by atoms with van der Waals surface area (Å²) in [5.74, 6) is 0.139. The number of hydrogen-bond acceptors (Lipinski definition) is 1. The Balaban J connectivity index is 0.000000442. The molecule has 0 spiro atoms. The van der Waals surface area contributed by atoms with Gasteiger partial charge in [-0.2, -0.15) is 0 Å². The Morgan fingerprint density at radius 1 is 1.07 bits per heavy atom. The lowest BCUT2D eigenvalue weighted by Gasteiger charge is -2.04. The zero-order chi connectivity index (χ0) is 11.8. The molecule has 2 nitrogen and oxygen atoms in total. The van der Waals surface area contributed by atoms with Gasteiger partial charge < -0.3 is 4.90 Å². The van der Waals surface area contributed by atoms with Crippen LogP contribution in [0.2, 0.25) is 0 Å². The molecular weight excluding hydrogens is 186 g/mol. The third-order valence-corrected chi connectivity index (χ3v) is 2.00. The molecular formula is C13H21NO. The summed E-state index contributed by atoms with van der Waals surface area (Å²) in [4.78, 5) is 13.0. The van der Waals surface area contributed by atoms with E-state index in [1.807, 2.05) is 59.0 Å². The summed E-state index contributed by atoms with van der Waals surface area (Å²) in [5.41, 5.74) is 2.00. The predicted molar refractivity (Wildman–Crippen MR) is 64.9 cm³/mol. The van der Waals surface area contributed by atoms with E-state index in [0.29, 0.717) is 0 Å². The first-order chi connectivity index (χ1) is 7.29. The molecule has 0 radical (unpaired) electrons. The molecule has 2 rings (SSSR count). The highest BCUT2D eigenvalue weighted by Crippen LogP contribution is 2.19. The highest BCUT2D eigenvalue weighted by atomic mass is 16.2. The highest BCUT2D eigenvalue weighted by molar-refractivity contribution is 5.98. The number of fused-ring (bicyclic) bond motifs is 1. The Bertz CT molecular complexity index is 307. The lowest BCUT2D eigenvalue weighted by molar-refractivity contribution is 0.0816. The van der Waals surface area contributed by atoms with Crippen molar-refractivity contribution in [1.29, 1.82) is 0 Å². The van der Waals surface area contributed by atoms with Crippen LogP contribution in [-0.2, 0) is 6.54 Å². The Kier molecular flexibility index (Phi) is 6.43. The first-order valence-corrected chi connectivity index (χ1v) is 5.62. The Hall–Kier alpha value is -1.31. The largest absolute Gasteiger partial charge is 0.337 e. The van der Waals surface area contributed by atoms with Gasteiger partial charge in [-0.1, -0.05) is 45.9 Å². The number of amides is 1. The molecule has 0 bridgehead atoms. The monoisotopic (exact) mass is 207 g/mol. The number of benzene rings is 1. The second-order valence-corrected chi connectivity index (χ2v) is 2.82. The molecule has 0 atom stereocenters. The van der Waals surface area contributed by atoms with E-state index in [1.54, 1.807) is 4.90 Å². The molecule has 0 aliphatic carbocycles. The fourth-order valence-electron chi connectivity index (χ4n) is 1.40. The van der Waals surface area contributed by atoms with Gasteiger partial charge in [0.1, 0.15) is 0 Å². The molecule has 0 unspecified atom stereocenters. The fraction of sp³-hybridized carbons (Fsp3) is 0.462. The van der Waals surface area contributed by atoms with Crippen molar-refractivity contribution < 1.29 is 4.79 Å². The molecule has 1 aliphatic rings. The highest BCUT2D eigenvalue weighted by Gasteiger charge is 2.22. The van der Waals surface area contributed by atoms with Crippen LogP contribution in [0.1, 0.15) is 43.6 Å². The normalized spacial score (nSPS) is 12.1. The second-order valence-electron chi connectivity index (χ2n) is 2.82. The minimum Gasteiger partial charge on any atom is -0.337 e. The first-order valence-electron chi connectivity index (χ1n) is 5.62. The molecule has 0 aromatic heterocycles. The molecule has 0 saturated heterocycles. The summed E-state index contributed by atoms with van der Waals surface area (Å²) in [6.07, 6.45) is 0. The molecule has 1 aromatic rings. The van der Waals surface area contributed by atoms with Gasteiger partial charge in [0.15, 0.2) is 0 Å². The van der Waals surface area contributed by atoms with Gasteiger partial charge in [0.05, 0.1) is 0 Å². The summed E-state index contributed by atoms with van der Waals surface area (Å²) in [7, 11) is 1.82. The average molecular weight is 207 g/mol. The van der Waals surface area contributed by atoms with Crippen LogP contribution in [-0.4, -0.2) is 17.9 Å². The van der Waals surface area contributed by atoms with Gasteiger partial charge in [-0.25, -0.2) is 0 Å². The van der Waals surface area contributed by atoms with Crippen molar-refractivity contribution in [2.24, 2.45) is 0 Å². The molecule has 1 amide bonds. The minimum atomic E-state index is 0.139. The zero-order valence-electron chi connectivity index (χ0n) is 10.4. The number of hydrogen-bond donors (Lipinski definition) is 0. The fourth-order valence-corrected chi connectivity index (χ4v) is 1.40. The Morgan fingerprint density at radius 3 is 2.13 bits per heavy atom. The Labute approximate surface area is 92.9 Å². The van der Waals surface area contributed by atoms with E-state index in [0.717, 1.165) is 17.7 Å². The molecule has 0 saturated carbocycles. The number of carbonyl (C=O) groups is 1. The quantitative estimate of drug-likeness (QED) is 0.639. The van der Waals surface area contributed by atoms with Crippen LogP contribution in [0, 0.1) is 0 Å². The van der Waals surface area contributed by atoms with E-state index in [1.165, 1.54) is 0 Å². The SMILES string of the molecule is CC.CC.CN1Cc2ccccc2C1=O. The summed E-state index contributed by atoms with van der Waals surface area (Å²) in [6.45, 7) is 8.76. The zero-order valence-corrected chi connectivity index (χ0v) is 10.4. The summed E-state index contributed by atoms with van der Waals surface area (Å²) >= 11 is 0. The van der Waals surface area contributed by atoms with Gasteiger partial charge in [0, 0.05) is 19.2 Å². The van der Waals surface area contributed by atoms with Crippen LogP contribution < -0.4 is 0 Å². The molecule has 84 valence electrons. The van der Waals surface area contributed by atoms with Gasteiger partial charge in [0.25, 0.3) is 5.91 Å². The van der Waals surface area contributed by atoms with Crippen molar-refractivity contribution in [3.8, 4) is 0 Å². The van der Waals surface area contributed by atoms with Crippen LogP contribution in [0.4, 0.5) is 0 Å². The summed E-state index contributed by atoms with van der Waals surface area (Å²) in [6, 6.07) is 7.74. The maximum Gasteiger partial charge on any atom is 0.254 e. The minimum absolute atomic E-state index is 0.139. The number of rotatable bonds is 0. The smallest absolute Gasteiger partial charge is 0.254 e. The lowest BCUT2D eigenvalue weighted by Crippen LogP contribution is -2.17. The molecule has 0 fully saturated rings. The maximum absolute atomic E-state index is 11.3. The predicted octanol–water partition coefficient (Wildman–Crippen LogP) is 3.32. The van der Waals surface area contributed by atoms with E-state index in [2.05, 4.69) is 0 Å². The lowest BCUT2D eigenvalue weighted by atomic mass is 10.1. The topological polar surface area (TPSA) is 20.3 Å². The van der Waals surface area contributed by atoms with E-state index < -0.39 is 0 Å². The van der Waals surface area contributed by atoms with Crippen molar-refractivity contribution in [2.45, 2.75) is 34.2 Å². The van der Waals surface area contributed by atoms with E-state index in [-0.39, 0.29) is 5.91 Å². The van der Waals surface area contributed by atoms with Crippen molar-refractivity contribution >= 4 is 5.91 Å². The van der Waals surface area contributed by atoms with Crippen molar-refractivity contribution in [3.63, 3.8) is 0 Å². The van der Waals surface area contributed by atoms with Crippen molar-refractivity contribution in [2.75, 3.05) is 7.05 Å². The number of carbonyl (C=O) groups excluding carboxylic acids is 1. The van der Waals surface area contributed by atoms with Crippen LogP contribution in [0.5, 0.6) is 0 Å². The summed E-state index contributed by atoms with van der Waals surface area (Å²) < 4.78 is 0. The van der Waals surface area contributed by atoms with Crippen LogP contribution in [0.3, 0.4) is 0 Å². The molecule has 1 aliphatic heterocycles. The van der Waals surface area contributed by atoms with Crippen molar-refractivity contribution in [3.05, 3.63) is 35.4 Å². The Morgan fingerprint density at radius 2 is 1.60 bits per heavy atom. The van der Waals surface area contributed by atoms with Gasteiger partial charge in [-0.05, 0) is 11.6 Å². The summed E-state index contributed by atoms with van der Waals surface area (Å²) in [5, 5.41) is 0. The van der Waals surface area contributed by atoms with E-state index in [9.17, 15) is 4.79 Å². The molecule has 15 heavy (non-hydrogen) atoms.